The molecule has 0 saturated carbocycles. The lowest BCUT2D eigenvalue weighted by Crippen LogP contribution is -2.13. The summed E-state index contributed by atoms with van der Waals surface area (Å²) in [6.07, 6.45) is 1.05. The second-order valence-corrected chi connectivity index (χ2v) is 5.15. The molecule has 0 aliphatic carbocycles. The van der Waals surface area contributed by atoms with Crippen molar-refractivity contribution in [3.63, 3.8) is 0 Å². The third kappa shape index (κ3) is 4.62. The fraction of sp³-hybridized carbons (Fsp3) is 0.455. The van der Waals surface area contributed by atoms with Crippen LogP contribution in [0.1, 0.15) is 6.42 Å². The molecule has 0 unspecified atom stereocenters. The Morgan fingerprint density at radius 2 is 2.18 bits per heavy atom. The summed E-state index contributed by atoms with van der Waals surface area (Å²) in [6, 6.07) is 4.95. The van der Waals surface area contributed by atoms with Crippen molar-refractivity contribution in [3.05, 3.63) is 28.3 Å². The Hall–Kier alpha value is -1.27. The largest absolute Gasteiger partial charge is 0.393 e. The molecule has 0 fully saturated rings. The number of anilines is 1. The summed E-state index contributed by atoms with van der Waals surface area (Å²) in [5.74, 6) is 0.944. The summed E-state index contributed by atoms with van der Waals surface area (Å²) >= 11 is 1.62. The number of benzene rings is 1. The zero-order valence-electron chi connectivity index (χ0n) is 10.0. The summed E-state index contributed by atoms with van der Waals surface area (Å²) in [7, 11) is 4.05. The van der Waals surface area contributed by atoms with Gasteiger partial charge in [0.05, 0.1) is 4.92 Å². The van der Waals surface area contributed by atoms with Crippen LogP contribution >= 0.6 is 11.8 Å². The Kier molecular flexibility index (Phi) is 5.24. The quantitative estimate of drug-likeness (QED) is 0.277. The van der Waals surface area contributed by atoms with Crippen LogP contribution in [0, 0.1) is 10.1 Å². The number of rotatable bonds is 6. The molecule has 0 bridgehead atoms. The second kappa shape index (κ2) is 6.46. The number of hydrogen-bond donors (Lipinski definition) is 1. The molecule has 1 rings (SSSR count). The number of hydrogen-bond acceptors (Lipinski definition) is 5. The summed E-state index contributed by atoms with van der Waals surface area (Å²) < 4.78 is 0. The minimum absolute atomic E-state index is 0.0115. The molecule has 1 aromatic carbocycles. The highest BCUT2D eigenvalue weighted by molar-refractivity contribution is 7.99. The first-order chi connectivity index (χ1) is 8.00. The number of nitrogens with zero attached hydrogens (tertiary/aromatic N) is 2. The number of nitro groups is 1. The van der Waals surface area contributed by atoms with Gasteiger partial charge in [0.15, 0.2) is 0 Å². The molecule has 1 aromatic rings. The van der Waals surface area contributed by atoms with Gasteiger partial charge < -0.3 is 10.6 Å². The van der Waals surface area contributed by atoms with Crippen LogP contribution in [0.15, 0.2) is 23.1 Å². The van der Waals surface area contributed by atoms with Crippen molar-refractivity contribution in [2.75, 3.05) is 32.1 Å². The Morgan fingerprint density at radius 1 is 1.47 bits per heavy atom. The molecule has 0 spiro atoms. The zero-order valence-corrected chi connectivity index (χ0v) is 10.9. The predicted molar refractivity (Wildman–Crippen MR) is 71.4 cm³/mol. The van der Waals surface area contributed by atoms with E-state index in [4.69, 9.17) is 5.73 Å². The number of nitro benzene ring substituents is 1. The van der Waals surface area contributed by atoms with Crippen LogP contribution in [0.25, 0.3) is 0 Å². The lowest BCUT2D eigenvalue weighted by Gasteiger charge is -2.08. The molecule has 0 heterocycles. The number of nitrogens with two attached hydrogens (primary N) is 1. The standard InChI is InChI=1S/C11H17N3O2S/c1-13(2)6-3-7-17-9-4-5-10(12)11(8-9)14(15)16/h4-5,8H,3,6-7,12H2,1-2H3. The van der Waals surface area contributed by atoms with Gasteiger partial charge in [-0.15, -0.1) is 11.8 Å². The molecule has 0 saturated heterocycles. The summed E-state index contributed by atoms with van der Waals surface area (Å²) in [5.41, 5.74) is 5.73. The van der Waals surface area contributed by atoms with Crippen molar-refractivity contribution < 1.29 is 4.92 Å². The molecule has 0 aromatic heterocycles. The highest BCUT2D eigenvalue weighted by atomic mass is 32.2. The normalized spacial score (nSPS) is 10.8. The average Bonchev–Trinajstić information content (AvgIpc) is 2.25. The van der Waals surface area contributed by atoms with Gasteiger partial charge in [0.25, 0.3) is 5.69 Å². The molecule has 0 aliphatic heterocycles. The smallest absolute Gasteiger partial charge is 0.293 e. The van der Waals surface area contributed by atoms with Gasteiger partial charge in [-0.2, -0.15) is 0 Å². The molecule has 6 heteroatoms. The van der Waals surface area contributed by atoms with Gasteiger partial charge in [0.1, 0.15) is 5.69 Å². The SMILES string of the molecule is CN(C)CCCSc1ccc(N)c([N+](=O)[O-])c1. The van der Waals surface area contributed by atoms with E-state index in [2.05, 4.69) is 4.90 Å². The third-order valence-corrected chi connectivity index (χ3v) is 3.30. The van der Waals surface area contributed by atoms with Gasteiger partial charge in [-0.3, -0.25) is 10.1 Å². The maximum atomic E-state index is 10.7. The van der Waals surface area contributed by atoms with E-state index in [-0.39, 0.29) is 11.4 Å². The van der Waals surface area contributed by atoms with Crippen molar-refractivity contribution >= 4 is 23.1 Å². The van der Waals surface area contributed by atoms with Crippen molar-refractivity contribution in [2.24, 2.45) is 0 Å². The van der Waals surface area contributed by atoms with Gasteiger partial charge in [-0.25, -0.2) is 0 Å². The Morgan fingerprint density at radius 3 is 2.76 bits per heavy atom. The fourth-order valence-corrected chi connectivity index (χ4v) is 2.21. The molecule has 17 heavy (non-hydrogen) atoms. The van der Waals surface area contributed by atoms with E-state index in [1.807, 2.05) is 20.2 Å². The molecule has 0 aliphatic rings. The Labute approximate surface area is 105 Å². The van der Waals surface area contributed by atoms with Crippen LogP contribution in [-0.4, -0.2) is 36.2 Å². The van der Waals surface area contributed by atoms with E-state index in [0.717, 1.165) is 23.6 Å². The van der Waals surface area contributed by atoms with Crippen molar-refractivity contribution in [3.8, 4) is 0 Å². The van der Waals surface area contributed by atoms with Crippen LogP contribution in [0.4, 0.5) is 11.4 Å². The van der Waals surface area contributed by atoms with E-state index >= 15 is 0 Å². The third-order valence-electron chi connectivity index (χ3n) is 2.22. The highest BCUT2D eigenvalue weighted by Crippen LogP contribution is 2.28. The summed E-state index contributed by atoms with van der Waals surface area (Å²) in [4.78, 5) is 13.3. The Balaban J connectivity index is 2.54. The zero-order chi connectivity index (χ0) is 12.8. The molecule has 0 atom stereocenters. The van der Waals surface area contributed by atoms with Crippen molar-refractivity contribution in [2.45, 2.75) is 11.3 Å². The first kappa shape index (κ1) is 13.8. The maximum Gasteiger partial charge on any atom is 0.293 e. The minimum atomic E-state index is -0.445. The van der Waals surface area contributed by atoms with Crippen molar-refractivity contribution in [1.29, 1.82) is 0 Å². The van der Waals surface area contributed by atoms with Gasteiger partial charge >= 0.3 is 0 Å². The lowest BCUT2D eigenvalue weighted by atomic mass is 10.3. The molecule has 0 radical (unpaired) electrons. The second-order valence-electron chi connectivity index (χ2n) is 3.98. The van der Waals surface area contributed by atoms with Gasteiger partial charge in [0, 0.05) is 11.0 Å². The summed E-state index contributed by atoms with van der Waals surface area (Å²) in [6.45, 7) is 1.02. The van der Waals surface area contributed by atoms with E-state index in [1.165, 1.54) is 6.07 Å². The van der Waals surface area contributed by atoms with E-state index in [1.54, 1.807) is 17.8 Å². The highest BCUT2D eigenvalue weighted by Gasteiger charge is 2.11. The maximum absolute atomic E-state index is 10.7. The predicted octanol–water partition coefficient (Wildman–Crippen LogP) is 2.22. The first-order valence-electron chi connectivity index (χ1n) is 5.32. The van der Waals surface area contributed by atoms with Gasteiger partial charge in [-0.1, -0.05) is 0 Å². The molecule has 0 amide bonds. The average molecular weight is 255 g/mol. The van der Waals surface area contributed by atoms with Crippen LogP contribution in [0.2, 0.25) is 0 Å². The van der Waals surface area contributed by atoms with Crippen LogP contribution in [-0.2, 0) is 0 Å². The first-order valence-corrected chi connectivity index (χ1v) is 6.30. The minimum Gasteiger partial charge on any atom is -0.393 e. The van der Waals surface area contributed by atoms with Crippen molar-refractivity contribution in [1.82, 2.24) is 4.90 Å². The molecule has 2 N–H and O–H groups in total. The number of nitrogen functional groups attached to an aromatic ring is 1. The summed E-state index contributed by atoms with van der Waals surface area (Å²) in [5, 5.41) is 10.7. The molecular weight excluding hydrogens is 238 g/mol. The molecule has 5 nitrogen and oxygen atoms in total. The lowest BCUT2D eigenvalue weighted by molar-refractivity contribution is -0.384. The molecule has 94 valence electrons. The molecular formula is C11H17N3O2S. The van der Waals surface area contributed by atoms with Gasteiger partial charge in [-0.05, 0) is 44.9 Å². The van der Waals surface area contributed by atoms with E-state index in [0.29, 0.717) is 0 Å². The van der Waals surface area contributed by atoms with Crippen LogP contribution < -0.4 is 5.73 Å². The topological polar surface area (TPSA) is 72.4 Å². The van der Waals surface area contributed by atoms with E-state index < -0.39 is 4.92 Å². The van der Waals surface area contributed by atoms with E-state index in [9.17, 15) is 10.1 Å². The monoisotopic (exact) mass is 255 g/mol. The van der Waals surface area contributed by atoms with Crippen LogP contribution in [0.3, 0.4) is 0 Å². The fourth-order valence-electron chi connectivity index (χ4n) is 1.34. The Bertz CT molecular complexity index is 396. The van der Waals surface area contributed by atoms with Gasteiger partial charge in [0.2, 0.25) is 0 Å². The number of thioether (sulfide) groups is 1. The van der Waals surface area contributed by atoms with Crippen LogP contribution in [0.5, 0.6) is 0 Å².